The Bertz CT molecular complexity index is 707. The molecule has 1 aromatic rings. The van der Waals surface area contributed by atoms with E-state index in [0.717, 1.165) is 12.1 Å². The SMILES string of the molecule is CC(c1ccc(C(F)(F)F)cc1)C1(C#N)CCN(C(=O)OC(C)(C)C)CC1. The van der Waals surface area contributed by atoms with Gasteiger partial charge in [-0.05, 0) is 57.2 Å². The maximum Gasteiger partial charge on any atom is 0.416 e. The largest absolute Gasteiger partial charge is 0.444 e. The Labute approximate surface area is 157 Å². The Morgan fingerprint density at radius 1 is 1.19 bits per heavy atom. The van der Waals surface area contributed by atoms with Crippen molar-refractivity contribution in [1.82, 2.24) is 4.90 Å². The van der Waals surface area contributed by atoms with E-state index in [4.69, 9.17) is 4.74 Å². The van der Waals surface area contributed by atoms with E-state index in [1.165, 1.54) is 12.1 Å². The highest BCUT2D eigenvalue weighted by Gasteiger charge is 2.42. The second kappa shape index (κ2) is 7.41. The molecule has 2 rings (SSSR count). The van der Waals surface area contributed by atoms with Crippen LogP contribution in [0.1, 0.15) is 57.6 Å². The second-order valence-electron chi connectivity index (χ2n) is 8.08. The van der Waals surface area contributed by atoms with Crippen LogP contribution in [-0.4, -0.2) is 29.7 Å². The fourth-order valence-electron chi connectivity index (χ4n) is 3.34. The van der Waals surface area contributed by atoms with Gasteiger partial charge in [0, 0.05) is 13.1 Å². The number of nitrogens with zero attached hydrogens (tertiary/aromatic N) is 2. The molecule has 7 heteroatoms. The number of benzene rings is 1. The molecule has 1 atom stereocenters. The highest BCUT2D eigenvalue weighted by atomic mass is 19.4. The number of piperidine rings is 1. The highest BCUT2D eigenvalue weighted by Crippen LogP contribution is 2.44. The van der Waals surface area contributed by atoms with Crippen LogP contribution in [0.3, 0.4) is 0 Å². The van der Waals surface area contributed by atoms with Gasteiger partial charge in [-0.15, -0.1) is 0 Å². The van der Waals surface area contributed by atoms with Gasteiger partial charge < -0.3 is 9.64 Å². The van der Waals surface area contributed by atoms with Gasteiger partial charge in [-0.1, -0.05) is 19.1 Å². The predicted molar refractivity (Wildman–Crippen MR) is 94.9 cm³/mol. The van der Waals surface area contributed by atoms with E-state index < -0.39 is 28.8 Å². The van der Waals surface area contributed by atoms with Gasteiger partial charge in [0.2, 0.25) is 0 Å². The molecule has 1 aromatic carbocycles. The molecule has 148 valence electrons. The molecule has 0 bridgehead atoms. The van der Waals surface area contributed by atoms with Gasteiger partial charge in [0.1, 0.15) is 5.60 Å². The molecule has 1 heterocycles. The summed E-state index contributed by atoms with van der Waals surface area (Å²) in [6, 6.07) is 7.34. The minimum Gasteiger partial charge on any atom is -0.444 e. The number of rotatable bonds is 2. The van der Waals surface area contributed by atoms with Crippen molar-refractivity contribution in [1.29, 1.82) is 5.26 Å². The first kappa shape index (κ1) is 21.1. The Morgan fingerprint density at radius 3 is 2.11 bits per heavy atom. The quantitative estimate of drug-likeness (QED) is 0.693. The molecule has 0 aromatic heterocycles. The Morgan fingerprint density at radius 2 is 1.70 bits per heavy atom. The van der Waals surface area contributed by atoms with Crippen LogP contribution in [0.5, 0.6) is 0 Å². The van der Waals surface area contributed by atoms with Gasteiger partial charge >= 0.3 is 12.3 Å². The molecule has 4 nitrogen and oxygen atoms in total. The molecule has 1 aliphatic heterocycles. The lowest BCUT2D eigenvalue weighted by molar-refractivity contribution is -0.137. The minimum absolute atomic E-state index is 0.245. The molecule has 0 radical (unpaired) electrons. The number of alkyl halides is 3. The summed E-state index contributed by atoms with van der Waals surface area (Å²) in [7, 11) is 0. The van der Waals surface area contributed by atoms with Crippen molar-refractivity contribution in [3.05, 3.63) is 35.4 Å². The molecule has 0 spiro atoms. The Kier molecular flexibility index (Phi) is 5.79. The number of carbonyl (C=O) groups excluding carboxylic acids is 1. The number of halogens is 3. The zero-order valence-electron chi connectivity index (χ0n) is 16.1. The highest BCUT2D eigenvalue weighted by molar-refractivity contribution is 5.68. The summed E-state index contributed by atoms with van der Waals surface area (Å²) in [5, 5.41) is 9.80. The summed E-state index contributed by atoms with van der Waals surface area (Å²) in [4.78, 5) is 13.8. The van der Waals surface area contributed by atoms with E-state index in [0.29, 0.717) is 31.5 Å². The lowest BCUT2D eigenvalue weighted by Crippen LogP contribution is -2.46. The lowest BCUT2D eigenvalue weighted by atomic mass is 9.68. The van der Waals surface area contributed by atoms with E-state index >= 15 is 0 Å². The maximum absolute atomic E-state index is 12.8. The molecule has 0 aliphatic carbocycles. The average molecular weight is 382 g/mol. The zero-order chi connectivity index (χ0) is 20.5. The van der Waals surface area contributed by atoms with Crippen LogP contribution in [0.25, 0.3) is 0 Å². The average Bonchev–Trinajstić information content (AvgIpc) is 2.59. The van der Waals surface area contributed by atoms with Crippen LogP contribution >= 0.6 is 0 Å². The molecule has 1 amide bonds. The first-order valence-corrected chi connectivity index (χ1v) is 8.94. The summed E-state index contributed by atoms with van der Waals surface area (Å²) >= 11 is 0. The molecule has 0 saturated carbocycles. The lowest BCUT2D eigenvalue weighted by Gasteiger charge is -2.41. The summed E-state index contributed by atoms with van der Waals surface area (Å²) < 4.78 is 43.6. The Hall–Kier alpha value is -2.23. The number of amides is 1. The summed E-state index contributed by atoms with van der Waals surface area (Å²) in [6.07, 6.45) is -3.89. The summed E-state index contributed by atoms with van der Waals surface area (Å²) in [5.74, 6) is -0.245. The molecular weight excluding hydrogens is 357 g/mol. The third-order valence-electron chi connectivity index (χ3n) is 5.10. The number of hydrogen-bond acceptors (Lipinski definition) is 3. The van der Waals surface area contributed by atoms with Gasteiger partial charge in [-0.3, -0.25) is 0 Å². The first-order valence-electron chi connectivity index (χ1n) is 8.94. The topological polar surface area (TPSA) is 53.3 Å². The van der Waals surface area contributed by atoms with Crippen LogP contribution in [0.15, 0.2) is 24.3 Å². The van der Waals surface area contributed by atoms with Crippen LogP contribution in [0, 0.1) is 16.7 Å². The number of likely N-dealkylation sites (tertiary alicyclic amines) is 1. The van der Waals surface area contributed by atoms with Crippen molar-refractivity contribution in [2.45, 2.75) is 58.2 Å². The van der Waals surface area contributed by atoms with Crippen molar-refractivity contribution in [3.63, 3.8) is 0 Å². The maximum atomic E-state index is 12.8. The standard InChI is InChI=1S/C20H25F3N2O2/c1-14(15-5-7-16(8-6-15)20(21,22)23)19(13-24)9-11-25(12-10-19)17(26)27-18(2,3)4/h5-8,14H,9-12H2,1-4H3. The van der Waals surface area contributed by atoms with E-state index in [1.54, 1.807) is 25.7 Å². The third-order valence-corrected chi connectivity index (χ3v) is 5.10. The van der Waals surface area contributed by atoms with Crippen LogP contribution < -0.4 is 0 Å². The molecule has 1 aliphatic rings. The van der Waals surface area contributed by atoms with Crippen molar-refractivity contribution in [2.24, 2.45) is 5.41 Å². The van der Waals surface area contributed by atoms with Crippen molar-refractivity contribution < 1.29 is 22.7 Å². The number of ether oxygens (including phenoxy) is 1. The molecular formula is C20H25F3N2O2. The Balaban J connectivity index is 2.10. The van der Waals surface area contributed by atoms with Crippen LogP contribution in [0.4, 0.5) is 18.0 Å². The fourth-order valence-corrected chi connectivity index (χ4v) is 3.34. The predicted octanol–water partition coefficient (Wildman–Crippen LogP) is 5.35. The number of hydrogen-bond donors (Lipinski definition) is 0. The molecule has 0 N–H and O–H groups in total. The molecule has 1 saturated heterocycles. The van der Waals surface area contributed by atoms with E-state index in [2.05, 4.69) is 6.07 Å². The second-order valence-corrected chi connectivity index (χ2v) is 8.08. The summed E-state index contributed by atoms with van der Waals surface area (Å²) in [6.45, 7) is 8.00. The van der Waals surface area contributed by atoms with Crippen molar-refractivity contribution in [3.8, 4) is 6.07 Å². The molecule has 1 unspecified atom stereocenters. The van der Waals surface area contributed by atoms with Gasteiger partial charge in [-0.2, -0.15) is 18.4 Å². The number of nitriles is 1. The van der Waals surface area contributed by atoms with Gasteiger partial charge in [0.25, 0.3) is 0 Å². The van der Waals surface area contributed by atoms with Gasteiger partial charge in [0.05, 0.1) is 17.0 Å². The third kappa shape index (κ3) is 4.94. The van der Waals surface area contributed by atoms with Gasteiger partial charge in [0.15, 0.2) is 0 Å². The van der Waals surface area contributed by atoms with Gasteiger partial charge in [-0.25, -0.2) is 4.79 Å². The fraction of sp³-hybridized carbons (Fsp3) is 0.600. The zero-order valence-corrected chi connectivity index (χ0v) is 16.1. The minimum atomic E-state index is -4.38. The number of carbonyl (C=O) groups is 1. The normalized spacial score (nSPS) is 18.5. The molecule has 1 fully saturated rings. The first-order chi connectivity index (χ1) is 12.4. The van der Waals surface area contributed by atoms with E-state index in [-0.39, 0.29) is 5.92 Å². The van der Waals surface area contributed by atoms with Crippen LogP contribution in [-0.2, 0) is 10.9 Å². The smallest absolute Gasteiger partial charge is 0.416 e. The molecule has 27 heavy (non-hydrogen) atoms. The van der Waals surface area contributed by atoms with Crippen molar-refractivity contribution in [2.75, 3.05) is 13.1 Å². The monoisotopic (exact) mass is 382 g/mol. The van der Waals surface area contributed by atoms with Crippen molar-refractivity contribution >= 4 is 6.09 Å². The summed E-state index contributed by atoms with van der Waals surface area (Å²) in [5.41, 5.74) is -1.33. The van der Waals surface area contributed by atoms with E-state index in [1.807, 2.05) is 6.92 Å². The van der Waals surface area contributed by atoms with Crippen LogP contribution in [0.2, 0.25) is 0 Å². The van der Waals surface area contributed by atoms with E-state index in [9.17, 15) is 23.2 Å².